The number of amides is 1. The van der Waals surface area contributed by atoms with Crippen LogP contribution in [0.1, 0.15) is 37.7 Å². The number of rotatable bonds is 3. The smallest absolute Gasteiger partial charge is 0.224 e. The number of carbonyl (C=O) groups is 1. The van der Waals surface area contributed by atoms with E-state index in [-0.39, 0.29) is 23.0 Å². The highest BCUT2D eigenvalue weighted by atomic mass is 32.2. The lowest BCUT2D eigenvalue weighted by atomic mass is 9.87. The Balaban J connectivity index is 1.86. The predicted octanol–water partition coefficient (Wildman–Crippen LogP) is 2.29. The van der Waals surface area contributed by atoms with Gasteiger partial charge in [-0.15, -0.1) is 0 Å². The second-order valence-corrected chi connectivity index (χ2v) is 8.73. The van der Waals surface area contributed by atoms with Crippen molar-refractivity contribution < 1.29 is 22.0 Å². The Bertz CT molecular complexity index is 727. The number of halogens is 2. The molecule has 1 aromatic rings. The summed E-state index contributed by atoms with van der Waals surface area (Å²) in [7, 11) is -3.16. The highest BCUT2D eigenvalue weighted by molar-refractivity contribution is 7.91. The number of benzene rings is 1. The summed E-state index contributed by atoms with van der Waals surface area (Å²) in [6, 6.07) is 3.38. The van der Waals surface area contributed by atoms with Gasteiger partial charge in [0.2, 0.25) is 5.91 Å². The SMILES string of the molecule is O=C(NC1(c2ccc(F)cc2F)CCCC1)[C@H]1CCS(=O)(=O)C1. The first kappa shape index (κ1) is 16.4. The summed E-state index contributed by atoms with van der Waals surface area (Å²) in [6.45, 7) is 0. The molecule has 0 spiro atoms. The fraction of sp³-hybridized carbons (Fsp3) is 0.562. The molecule has 1 aliphatic carbocycles. The zero-order chi connectivity index (χ0) is 16.7. The summed E-state index contributed by atoms with van der Waals surface area (Å²) < 4.78 is 50.5. The summed E-state index contributed by atoms with van der Waals surface area (Å²) in [6.07, 6.45) is 3.11. The van der Waals surface area contributed by atoms with Crippen molar-refractivity contribution in [2.24, 2.45) is 5.92 Å². The quantitative estimate of drug-likeness (QED) is 0.916. The molecule has 1 aromatic carbocycles. The van der Waals surface area contributed by atoms with E-state index >= 15 is 0 Å². The molecule has 1 N–H and O–H groups in total. The molecule has 2 fully saturated rings. The molecule has 7 heteroatoms. The normalized spacial score (nSPS) is 25.4. The number of hydrogen-bond acceptors (Lipinski definition) is 3. The molecular formula is C16H19F2NO3S. The van der Waals surface area contributed by atoms with Crippen LogP contribution >= 0.6 is 0 Å². The van der Waals surface area contributed by atoms with Crippen molar-refractivity contribution in [1.29, 1.82) is 0 Å². The average Bonchev–Trinajstić information content (AvgIpc) is 3.06. The van der Waals surface area contributed by atoms with Gasteiger partial charge in [-0.3, -0.25) is 4.79 Å². The zero-order valence-electron chi connectivity index (χ0n) is 12.6. The van der Waals surface area contributed by atoms with Crippen molar-refractivity contribution in [2.75, 3.05) is 11.5 Å². The third-order valence-corrected chi connectivity index (χ3v) is 6.64. The van der Waals surface area contributed by atoms with Crippen molar-refractivity contribution in [1.82, 2.24) is 5.32 Å². The van der Waals surface area contributed by atoms with Crippen LogP contribution in [0.15, 0.2) is 18.2 Å². The van der Waals surface area contributed by atoms with Gasteiger partial charge in [0.25, 0.3) is 0 Å². The number of sulfone groups is 1. The molecule has 0 aromatic heterocycles. The van der Waals surface area contributed by atoms with Gasteiger partial charge in [0.1, 0.15) is 11.6 Å². The largest absolute Gasteiger partial charge is 0.346 e. The maximum atomic E-state index is 14.2. The Hall–Kier alpha value is -1.50. The van der Waals surface area contributed by atoms with Gasteiger partial charge in [-0.1, -0.05) is 18.9 Å². The molecule has 1 aliphatic heterocycles. The molecule has 0 bridgehead atoms. The fourth-order valence-electron chi connectivity index (χ4n) is 3.66. The first-order chi connectivity index (χ1) is 10.8. The van der Waals surface area contributed by atoms with Gasteiger partial charge in [-0.2, -0.15) is 0 Å². The van der Waals surface area contributed by atoms with E-state index in [2.05, 4.69) is 5.32 Å². The summed E-state index contributed by atoms with van der Waals surface area (Å²) in [4.78, 5) is 12.5. The van der Waals surface area contributed by atoms with Crippen LogP contribution in [-0.4, -0.2) is 25.8 Å². The van der Waals surface area contributed by atoms with E-state index in [1.807, 2.05) is 0 Å². The Labute approximate surface area is 134 Å². The van der Waals surface area contributed by atoms with Crippen LogP contribution in [0.5, 0.6) is 0 Å². The maximum absolute atomic E-state index is 14.2. The minimum atomic E-state index is -3.16. The van der Waals surface area contributed by atoms with Gasteiger partial charge >= 0.3 is 0 Å². The lowest BCUT2D eigenvalue weighted by Gasteiger charge is -2.32. The summed E-state index contributed by atoms with van der Waals surface area (Å²) in [5, 5.41) is 2.88. The molecule has 1 saturated heterocycles. The first-order valence-corrected chi connectivity index (χ1v) is 9.61. The molecule has 3 rings (SSSR count). The first-order valence-electron chi connectivity index (χ1n) is 7.79. The molecule has 23 heavy (non-hydrogen) atoms. The minimum Gasteiger partial charge on any atom is -0.346 e. The number of hydrogen-bond donors (Lipinski definition) is 1. The molecule has 1 amide bonds. The van der Waals surface area contributed by atoms with E-state index < -0.39 is 32.9 Å². The second kappa shape index (κ2) is 5.85. The molecule has 1 heterocycles. The number of nitrogens with one attached hydrogen (secondary N) is 1. The molecule has 0 unspecified atom stereocenters. The molecule has 4 nitrogen and oxygen atoms in total. The van der Waals surface area contributed by atoms with Crippen molar-refractivity contribution in [3.05, 3.63) is 35.4 Å². The van der Waals surface area contributed by atoms with Crippen molar-refractivity contribution in [3.8, 4) is 0 Å². The summed E-state index contributed by atoms with van der Waals surface area (Å²) in [5.74, 6) is -2.40. The molecule has 1 saturated carbocycles. The van der Waals surface area contributed by atoms with Gasteiger partial charge < -0.3 is 5.32 Å². The van der Waals surface area contributed by atoms with E-state index in [1.54, 1.807) is 0 Å². The summed E-state index contributed by atoms with van der Waals surface area (Å²) in [5.41, 5.74) is -0.577. The second-order valence-electron chi connectivity index (χ2n) is 6.50. The van der Waals surface area contributed by atoms with E-state index in [4.69, 9.17) is 0 Å². The van der Waals surface area contributed by atoms with Crippen LogP contribution < -0.4 is 5.32 Å². The van der Waals surface area contributed by atoms with E-state index in [9.17, 15) is 22.0 Å². The molecule has 0 radical (unpaired) electrons. The van der Waals surface area contributed by atoms with Crippen LogP contribution in [0.2, 0.25) is 0 Å². The van der Waals surface area contributed by atoms with Crippen LogP contribution in [0.3, 0.4) is 0 Å². The molecule has 1 atom stereocenters. The Morgan fingerprint density at radius 3 is 2.48 bits per heavy atom. The highest BCUT2D eigenvalue weighted by Crippen LogP contribution is 2.40. The van der Waals surface area contributed by atoms with Gasteiger partial charge in [-0.05, 0) is 25.3 Å². The Morgan fingerprint density at radius 1 is 1.22 bits per heavy atom. The van der Waals surface area contributed by atoms with Crippen LogP contribution in [0, 0.1) is 17.6 Å². The fourth-order valence-corrected chi connectivity index (χ4v) is 5.40. The topological polar surface area (TPSA) is 63.2 Å². The minimum absolute atomic E-state index is 0.0169. The predicted molar refractivity (Wildman–Crippen MR) is 81.4 cm³/mol. The standard InChI is InChI=1S/C16H19F2NO3S/c17-12-3-4-13(14(18)9-12)16(6-1-2-7-16)19-15(20)11-5-8-23(21,22)10-11/h3-4,9,11H,1-2,5-8,10H2,(H,19,20)/t11-/m0/s1. The van der Waals surface area contributed by atoms with E-state index in [0.717, 1.165) is 18.9 Å². The molecular weight excluding hydrogens is 324 g/mol. The van der Waals surface area contributed by atoms with Crippen LogP contribution in [-0.2, 0) is 20.2 Å². The Morgan fingerprint density at radius 2 is 1.91 bits per heavy atom. The van der Waals surface area contributed by atoms with Crippen LogP contribution in [0.25, 0.3) is 0 Å². The van der Waals surface area contributed by atoms with Gasteiger partial charge in [0.05, 0.1) is 23.0 Å². The highest BCUT2D eigenvalue weighted by Gasteiger charge is 2.42. The maximum Gasteiger partial charge on any atom is 0.224 e. The van der Waals surface area contributed by atoms with Gasteiger partial charge in [0, 0.05) is 11.6 Å². The summed E-state index contributed by atoms with van der Waals surface area (Å²) >= 11 is 0. The lowest BCUT2D eigenvalue weighted by Crippen LogP contribution is -2.47. The van der Waals surface area contributed by atoms with Gasteiger partial charge in [-0.25, -0.2) is 17.2 Å². The van der Waals surface area contributed by atoms with E-state index in [0.29, 0.717) is 19.3 Å². The van der Waals surface area contributed by atoms with Gasteiger partial charge in [0.15, 0.2) is 9.84 Å². The third kappa shape index (κ3) is 3.24. The zero-order valence-corrected chi connectivity index (χ0v) is 13.5. The monoisotopic (exact) mass is 343 g/mol. The number of carbonyl (C=O) groups excluding carboxylic acids is 1. The molecule has 126 valence electrons. The van der Waals surface area contributed by atoms with Crippen LogP contribution in [0.4, 0.5) is 8.78 Å². The lowest BCUT2D eigenvalue weighted by molar-refractivity contribution is -0.126. The van der Waals surface area contributed by atoms with Crippen molar-refractivity contribution >= 4 is 15.7 Å². The third-order valence-electron chi connectivity index (χ3n) is 4.87. The van der Waals surface area contributed by atoms with Crippen molar-refractivity contribution in [3.63, 3.8) is 0 Å². The van der Waals surface area contributed by atoms with E-state index in [1.165, 1.54) is 12.1 Å². The molecule has 2 aliphatic rings. The van der Waals surface area contributed by atoms with Crippen molar-refractivity contribution in [2.45, 2.75) is 37.6 Å². The Kier molecular flexibility index (Phi) is 4.16. The average molecular weight is 343 g/mol.